The van der Waals surface area contributed by atoms with Crippen molar-refractivity contribution >= 4 is 53.5 Å². The van der Waals surface area contributed by atoms with Gasteiger partial charge in [-0.25, -0.2) is 59.8 Å². The Kier molecular flexibility index (Phi) is 36.3. The van der Waals surface area contributed by atoms with Crippen LogP contribution in [0.25, 0.3) is 0 Å². The number of ether oxygens (including phenoxy) is 3. The molecule has 0 atom stereocenters. The third-order valence-corrected chi connectivity index (χ3v) is 19.6. The lowest BCUT2D eigenvalue weighted by Gasteiger charge is -2.34. The van der Waals surface area contributed by atoms with Crippen LogP contribution in [-0.4, -0.2) is 305 Å². The molecule has 0 bridgehead atoms. The number of hydrogen-bond acceptors (Lipinski definition) is 29. The fraction of sp³-hybridized carbons (Fsp3) is 0.649. The van der Waals surface area contributed by atoms with Crippen LogP contribution in [0.5, 0.6) is 0 Å². The van der Waals surface area contributed by atoms with Crippen LogP contribution >= 0.6 is 0 Å². The largest absolute Gasteiger partial charge is 0.480 e. The summed E-state index contributed by atoms with van der Waals surface area (Å²) in [4.78, 5) is 106. The maximum atomic E-state index is 13.0. The van der Waals surface area contributed by atoms with Gasteiger partial charge in [0.15, 0.2) is 5.69 Å². The van der Waals surface area contributed by atoms with E-state index in [1.807, 2.05) is 60.7 Å². The number of halogens is 3. The number of nitrogens with two attached hydrogens (primary N) is 1. The molecule has 0 aliphatic carbocycles. The van der Waals surface area contributed by atoms with Crippen molar-refractivity contribution < 1.29 is 52.0 Å². The van der Waals surface area contributed by atoms with Crippen LogP contribution in [0, 0.1) is 6.92 Å². The van der Waals surface area contributed by atoms with Crippen LogP contribution < -0.4 is 35.1 Å². The Morgan fingerprint density at radius 2 is 0.703 bits per heavy atom. The number of carbonyl (C=O) groups is 3. The highest BCUT2D eigenvalue weighted by Gasteiger charge is 2.37. The van der Waals surface area contributed by atoms with Crippen LogP contribution in [0.3, 0.4) is 0 Å². The number of aliphatic hydroxyl groups is 1. The molecule has 6 aromatic rings. The summed E-state index contributed by atoms with van der Waals surface area (Å²) in [7, 11) is 1.42. The number of aromatic nitrogens is 12. The Bertz CT molecular complexity index is 3610. The topological polar surface area (TPSA) is 332 Å². The quantitative estimate of drug-likeness (QED) is 0.0660. The molecule has 0 radical (unpaired) electrons. The highest BCUT2D eigenvalue weighted by atomic mass is 19.4. The highest BCUT2D eigenvalue weighted by molar-refractivity contribution is 5.76. The number of piperazine rings is 4. The minimum atomic E-state index is -4.45. The smallest absolute Gasteiger partial charge is 0.433 e. The lowest BCUT2D eigenvalue weighted by molar-refractivity contribution is -0.142. The molecule has 6 aliphatic heterocycles. The number of nitrogens with zero attached hydrogens (tertiary/aromatic N) is 22. The van der Waals surface area contributed by atoms with Crippen molar-refractivity contribution in [2.75, 3.05) is 227 Å². The summed E-state index contributed by atoms with van der Waals surface area (Å²) in [5.74, 6) is 4.84. The predicted molar refractivity (Wildman–Crippen MR) is 423 cm³/mol. The minimum Gasteiger partial charge on any atom is -0.480 e. The van der Waals surface area contributed by atoms with Crippen molar-refractivity contribution in [3.05, 3.63) is 107 Å². The Morgan fingerprint density at radius 3 is 0.982 bits per heavy atom. The summed E-state index contributed by atoms with van der Waals surface area (Å²) in [5.41, 5.74) is 11.4. The number of primary amides is 1. The van der Waals surface area contributed by atoms with Gasteiger partial charge in [0.2, 0.25) is 41.6 Å². The number of rotatable bonds is 20. The summed E-state index contributed by atoms with van der Waals surface area (Å²) in [6.07, 6.45) is 14.0. The highest BCUT2D eigenvalue weighted by Crippen LogP contribution is 2.35. The van der Waals surface area contributed by atoms with Gasteiger partial charge in [-0.1, -0.05) is 83.1 Å². The fourth-order valence-electron chi connectivity index (χ4n) is 12.4. The van der Waals surface area contributed by atoms with Gasteiger partial charge in [0, 0.05) is 211 Å². The zero-order valence-corrected chi connectivity index (χ0v) is 67.6. The van der Waals surface area contributed by atoms with Gasteiger partial charge in [0.25, 0.3) is 0 Å². The molecule has 6 aliphatic rings. The second kappa shape index (κ2) is 45.0. The van der Waals surface area contributed by atoms with Gasteiger partial charge in [-0.15, -0.1) is 0 Å². The van der Waals surface area contributed by atoms with Gasteiger partial charge in [0.1, 0.15) is 0 Å². The van der Waals surface area contributed by atoms with E-state index >= 15 is 0 Å². The first-order chi connectivity index (χ1) is 53.0. The van der Waals surface area contributed by atoms with Crippen molar-refractivity contribution in [2.24, 2.45) is 5.73 Å². The number of alkyl halides is 3. The van der Waals surface area contributed by atoms with E-state index in [0.29, 0.717) is 69.0 Å². The second-order valence-electron chi connectivity index (χ2n) is 29.9. The first kappa shape index (κ1) is 89.4. The number of esters is 1. The van der Waals surface area contributed by atoms with Crippen LogP contribution in [0.4, 0.5) is 48.9 Å². The molecule has 111 heavy (non-hydrogen) atoms. The van der Waals surface area contributed by atoms with Gasteiger partial charge < -0.3 is 59.6 Å². The SMILES string of the molecule is CC(C)c1cnc(N2CCN(CC(=O)O)CC2)nc1.CC(C)c1cnc(N2CCN(CC(N)=O)CC2)nc1.CC(C)c1cnc(N2CCN(CCO)CC2)nc1.CC(C)c1cnc(N2CCOCC2)nc1C(F)(F)F.COC(=O)CN1CCN(c2ncc(C(C)C)cn2)CC1.Cc1nc(N2CCOCC2)ncc1C(C)C. The molecule has 0 saturated carbocycles. The predicted octanol–water partition coefficient (Wildman–Crippen LogP) is 6.82. The number of anilines is 6. The zero-order chi connectivity index (χ0) is 80.7. The van der Waals surface area contributed by atoms with Crippen LogP contribution in [0.2, 0.25) is 0 Å². The molecular formula is C77H120F3N23O8. The Morgan fingerprint density at radius 1 is 0.414 bits per heavy atom. The average Bonchev–Trinajstić information content (AvgIpc) is 0.800. The van der Waals surface area contributed by atoms with E-state index in [1.165, 1.54) is 24.4 Å². The number of methoxy groups -OCH3 is 1. The number of β-amino-alcohol motifs (C(OH)–C–C–N with tert-alkyl or cyclic N) is 1. The molecule has 12 heterocycles. The van der Waals surface area contributed by atoms with E-state index in [9.17, 15) is 27.6 Å². The lowest BCUT2D eigenvalue weighted by atomic mass is 10.0. The van der Waals surface area contributed by atoms with E-state index in [-0.39, 0.29) is 42.5 Å². The summed E-state index contributed by atoms with van der Waals surface area (Å²) in [6, 6.07) is 0. The number of hydrogen-bond donors (Lipinski definition) is 3. The van der Waals surface area contributed by atoms with Gasteiger partial charge in [-0.05, 0) is 70.2 Å². The number of carbonyl (C=O) groups excluding carboxylic acids is 2. The molecule has 612 valence electrons. The summed E-state index contributed by atoms with van der Waals surface area (Å²) >= 11 is 0. The third kappa shape index (κ3) is 29.4. The van der Waals surface area contributed by atoms with Crippen LogP contribution in [-0.2, 0) is 34.8 Å². The van der Waals surface area contributed by atoms with E-state index in [0.717, 1.165) is 190 Å². The second-order valence-corrected chi connectivity index (χ2v) is 29.9. The van der Waals surface area contributed by atoms with Crippen LogP contribution in [0.15, 0.2) is 62.0 Å². The van der Waals surface area contributed by atoms with Crippen LogP contribution in [0.1, 0.15) is 163 Å². The lowest BCUT2D eigenvalue weighted by Crippen LogP contribution is -2.49. The van der Waals surface area contributed by atoms with Gasteiger partial charge in [-0.2, -0.15) is 13.2 Å². The van der Waals surface area contributed by atoms with Crippen molar-refractivity contribution in [3.8, 4) is 0 Å². The average molecular weight is 1550 g/mol. The first-order valence-electron chi connectivity index (χ1n) is 38.8. The number of aliphatic carboxylic acids is 1. The van der Waals surface area contributed by atoms with E-state index in [2.05, 4.69) is 180 Å². The van der Waals surface area contributed by atoms with Crippen molar-refractivity contribution in [2.45, 2.75) is 132 Å². The molecule has 0 unspecified atom stereocenters. The maximum absolute atomic E-state index is 13.0. The molecule has 1 amide bonds. The molecule has 0 aromatic carbocycles. The molecule has 6 saturated heterocycles. The van der Waals surface area contributed by atoms with E-state index in [1.54, 1.807) is 18.7 Å². The Labute approximate surface area is 653 Å². The monoisotopic (exact) mass is 1550 g/mol. The molecule has 0 spiro atoms. The summed E-state index contributed by atoms with van der Waals surface area (Å²) in [5, 5.41) is 17.7. The molecule has 4 N–H and O–H groups in total. The molecule has 6 aromatic heterocycles. The van der Waals surface area contributed by atoms with Gasteiger partial charge in [-0.3, -0.25) is 34.0 Å². The number of morpholine rings is 2. The molecular weight excluding hydrogens is 1430 g/mol. The Hall–Kier alpha value is -8.80. The molecule has 34 heteroatoms. The molecule has 31 nitrogen and oxygen atoms in total. The van der Waals surface area contributed by atoms with Crippen molar-refractivity contribution in [1.82, 2.24) is 79.4 Å². The Balaban J connectivity index is 0.000000185. The summed E-state index contributed by atoms with van der Waals surface area (Å²) < 4.78 is 54.2. The minimum absolute atomic E-state index is 0.112. The fourth-order valence-corrected chi connectivity index (χ4v) is 12.4. The van der Waals surface area contributed by atoms with E-state index in [4.69, 9.17) is 25.4 Å². The number of aliphatic hydroxyl groups excluding tert-OH is 1. The number of amides is 1. The van der Waals surface area contributed by atoms with E-state index < -0.39 is 17.8 Å². The van der Waals surface area contributed by atoms with Gasteiger partial charge in [0.05, 0.1) is 59.8 Å². The zero-order valence-electron chi connectivity index (χ0n) is 67.6. The standard InChI is InChI=1S/C14H22N4O2.C13H21N5O.C13H20N4O2.C13H22N4O.C12H16F3N3O.C12H19N3O/c1-11(2)12-8-15-14(16-9-12)18-6-4-17(5-7-18)10-13(19)20-3;1-10(2)11-7-15-13(16-8-11)18-5-3-17(4-6-18)9-12(14)19;1-10(2)11-7-14-13(15-8-11)17-5-3-16(4-6-17)9-12(18)19;1-11(2)12-9-14-13(15-10-12)17-5-3-16(4-6-17)7-8-18;1-8(2)9-7-16-11(17-10(9)12(13,14)15)18-3-5-19-6-4-18;1-9(2)11-8-13-12(14-10(11)3)15-4-6-16-7-5-15/h8-9,11H,4-7,10H2,1-3H3;7-8,10H,3-6,9H2,1-2H3,(H2,14,19);7-8,10H,3-6,9H2,1-2H3,(H,18,19);9-11,18H,3-8H2,1-2H3;7-8H,3-6H2,1-2H3;8-9H,4-7H2,1-3H3. The molecule has 6 fully saturated rings. The van der Waals surface area contributed by atoms with Crippen molar-refractivity contribution in [3.63, 3.8) is 0 Å². The number of carboxylic acids is 1. The number of aryl methyl sites for hydroxylation is 1. The van der Waals surface area contributed by atoms with Crippen molar-refractivity contribution in [1.29, 1.82) is 0 Å². The normalized spacial score (nSPS) is 16.9. The molecule has 12 rings (SSSR count). The first-order valence-corrected chi connectivity index (χ1v) is 38.8. The number of carboxylic acid groups (broad SMARTS) is 1. The summed E-state index contributed by atoms with van der Waals surface area (Å²) in [6.45, 7) is 47.4. The third-order valence-electron chi connectivity index (χ3n) is 19.6. The van der Waals surface area contributed by atoms with Gasteiger partial charge >= 0.3 is 18.1 Å². The maximum Gasteiger partial charge on any atom is 0.433 e.